The molecule has 6 nitrogen and oxygen atoms in total. The topological polar surface area (TPSA) is 77.2 Å². The number of carbonyl (C=O) groups is 1. The van der Waals surface area contributed by atoms with Gasteiger partial charge < -0.3 is 14.5 Å². The molecule has 0 saturated heterocycles. The quantitative estimate of drug-likeness (QED) is 0.426. The van der Waals surface area contributed by atoms with Crippen LogP contribution in [-0.4, -0.2) is 22.7 Å². The van der Waals surface area contributed by atoms with Crippen molar-refractivity contribution in [1.29, 1.82) is 0 Å². The zero-order valence-electron chi connectivity index (χ0n) is 18.3. The van der Waals surface area contributed by atoms with Crippen LogP contribution in [0.25, 0.3) is 22.9 Å². The fraction of sp³-hybridized carbons (Fsp3) is 0.192. The van der Waals surface area contributed by atoms with Gasteiger partial charge in [0.15, 0.2) is 6.61 Å². The van der Waals surface area contributed by atoms with Crippen LogP contribution in [0.2, 0.25) is 0 Å². The van der Waals surface area contributed by atoms with Crippen LogP contribution in [0.1, 0.15) is 26.3 Å². The smallest absolute Gasteiger partial charge is 0.262 e. The molecule has 162 valence electrons. The summed E-state index contributed by atoms with van der Waals surface area (Å²) in [5.74, 6) is 1.31. The average Bonchev–Trinajstić information content (AvgIpc) is 3.29. The van der Waals surface area contributed by atoms with Crippen LogP contribution < -0.4 is 10.1 Å². The standard InChI is InChI=1S/C26H25N3O3/c1-26(2,3)20-11-15-22(16-12-20)31-17-23(30)27-21-13-9-19(10-14-21)25-29-28-24(32-25)18-7-5-4-6-8-18/h4-16H,17H2,1-3H3,(H,27,30). The second kappa shape index (κ2) is 9.06. The highest BCUT2D eigenvalue weighted by Gasteiger charge is 2.14. The number of hydrogen-bond donors (Lipinski definition) is 1. The van der Waals surface area contributed by atoms with Gasteiger partial charge in [0.05, 0.1) is 0 Å². The molecular formula is C26H25N3O3. The molecule has 1 N–H and O–H groups in total. The van der Waals surface area contributed by atoms with Crippen molar-refractivity contribution in [2.75, 3.05) is 11.9 Å². The van der Waals surface area contributed by atoms with E-state index in [4.69, 9.17) is 9.15 Å². The molecule has 0 aliphatic carbocycles. The minimum Gasteiger partial charge on any atom is -0.484 e. The van der Waals surface area contributed by atoms with Gasteiger partial charge in [0.25, 0.3) is 5.91 Å². The predicted molar refractivity (Wildman–Crippen MR) is 124 cm³/mol. The summed E-state index contributed by atoms with van der Waals surface area (Å²) in [5.41, 5.74) is 3.59. The number of ether oxygens (including phenoxy) is 1. The van der Waals surface area contributed by atoms with Crippen LogP contribution in [0.5, 0.6) is 5.75 Å². The van der Waals surface area contributed by atoms with E-state index in [1.54, 1.807) is 12.1 Å². The molecule has 6 heteroatoms. The highest BCUT2D eigenvalue weighted by Crippen LogP contribution is 2.25. The fourth-order valence-corrected chi connectivity index (χ4v) is 3.13. The van der Waals surface area contributed by atoms with E-state index in [1.807, 2.05) is 66.7 Å². The van der Waals surface area contributed by atoms with Crippen LogP contribution in [0.4, 0.5) is 5.69 Å². The van der Waals surface area contributed by atoms with Crippen molar-refractivity contribution < 1.29 is 13.9 Å². The van der Waals surface area contributed by atoms with E-state index in [2.05, 4.69) is 36.3 Å². The Bertz CT molecular complexity index is 1180. The molecule has 0 aliphatic heterocycles. The Balaban J connectivity index is 1.33. The third-order valence-electron chi connectivity index (χ3n) is 4.95. The summed E-state index contributed by atoms with van der Waals surface area (Å²) in [6, 6.07) is 24.6. The maximum atomic E-state index is 12.3. The summed E-state index contributed by atoms with van der Waals surface area (Å²) in [6.45, 7) is 6.40. The Morgan fingerprint density at radius 2 is 1.44 bits per heavy atom. The Labute approximate surface area is 187 Å². The zero-order valence-corrected chi connectivity index (χ0v) is 18.3. The van der Waals surface area contributed by atoms with Gasteiger partial charge in [-0.05, 0) is 59.5 Å². The Hall–Kier alpha value is -3.93. The molecule has 1 aromatic heterocycles. The highest BCUT2D eigenvalue weighted by atomic mass is 16.5. The molecule has 0 radical (unpaired) electrons. The summed E-state index contributed by atoms with van der Waals surface area (Å²) in [4.78, 5) is 12.3. The highest BCUT2D eigenvalue weighted by molar-refractivity contribution is 5.92. The van der Waals surface area contributed by atoms with Gasteiger partial charge in [-0.2, -0.15) is 0 Å². The minimum absolute atomic E-state index is 0.0687. The molecule has 0 fully saturated rings. The molecule has 0 aliphatic rings. The molecule has 32 heavy (non-hydrogen) atoms. The Morgan fingerprint density at radius 1 is 0.844 bits per heavy atom. The Morgan fingerprint density at radius 3 is 2.03 bits per heavy atom. The van der Waals surface area contributed by atoms with Crippen molar-refractivity contribution in [2.24, 2.45) is 0 Å². The summed E-state index contributed by atoms with van der Waals surface area (Å²) in [6.07, 6.45) is 0. The van der Waals surface area contributed by atoms with Crippen molar-refractivity contribution in [3.05, 3.63) is 84.4 Å². The molecule has 0 atom stereocenters. The summed E-state index contributed by atoms with van der Waals surface area (Å²) >= 11 is 0. The lowest BCUT2D eigenvalue weighted by atomic mass is 9.87. The number of nitrogens with one attached hydrogen (secondary N) is 1. The first-order chi connectivity index (χ1) is 15.4. The van der Waals surface area contributed by atoms with Crippen LogP contribution >= 0.6 is 0 Å². The SMILES string of the molecule is CC(C)(C)c1ccc(OCC(=O)Nc2ccc(-c3nnc(-c4ccccc4)o3)cc2)cc1. The average molecular weight is 428 g/mol. The van der Waals surface area contributed by atoms with Crippen molar-refractivity contribution in [1.82, 2.24) is 10.2 Å². The van der Waals surface area contributed by atoms with E-state index in [1.165, 1.54) is 5.56 Å². The molecule has 0 saturated carbocycles. The third-order valence-corrected chi connectivity index (χ3v) is 4.95. The largest absolute Gasteiger partial charge is 0.484 e. The van der Waals surface area contributed by atoms with Crippen LogP contribution in [0.3, 0.4) is 0 Å². The molecule has 3 aromatic carbocycles. The number of carbonyl (C=O) groups excluding carboxylic acids is 1. The summed E-state index contributed by atoms with van der Waals surface area (Å²) in [7, 11) is 0. The van der Waals surface area contributed by atoms with Crippen molar-refractivity contribution >= 4 is 11.6 Å². The first kappa shape index (κ1) is 21.3. The van der Waals surface area contributed by atoms with Crippen LogP contribution in [0, 0.1) is 0 Å². The molecule has 0 bridgehead atoms. The number of rotatable bonds is 6. The van der Waals surface area contributed by atoms with E-state index >= 15 is 0 Å². The van der Waals surface area contributed by atoms with E-state index in [0.717, 1.165) is 11.1 Å². The van der Waals surface area contributed by atoms with Gasteiger partial charge in [0.2, 0.25) is 11.8 Å². The van der Waals surface area contributed by atoms with E-state index in [-0.39, 0.29) is 17.9 Å². The van der Waals surface area contributed by atoms with E-state index < -0.39 is 0 Å². The van der Waals surface area contributed by atoms with E-state index in [9.17, 15) is 4.79 Å². The maximum absolute atomic E-state index is 12.3. The summed E-state index contributed by atoms with van der Waals surface area (Å²) in [5, 5.41) is 11.0. The minimum atomic E-state index is -0.234. The second-order valence-corrected chi connectivity index (χ2v) is 8.47. The zero-order chi connectivity index (χ0) is 22.6. The van der Waals surface area contributed by atoms with E-state index in [0.29, 0.717) is 23.2 Å². The van der Waals surface area contributed by atoms with Gasteiger partial charge in [-0.25, -0.2) is 0 Å². The van der Waals surface area contributed by atoms with Gasteiger partial charge in [0.1, 0.15) is 5.75 Å². The van der Waals surface area contributed by atoms with Gasteiger partial charge in [-0.15, -0.1) is 10.2 Å². The fourth-order valence-electron chi connectivity index (χ4n) is 3.13. The van der Waals surface area contributed by atoms with Gasteiger partial charge >= 0.3 is 0 Å². The normalized spacial score (nSPS) is 11.2. The van der Waals surface area contributed by atoms with Crippen molar-refractivity contribution in [2.45, 2.75) is 26.2 Å². The third kappa shape index (κ3) is 5.21. The number of nitrogens with zero attached hydrogens (tertiary/aromatic N) is 2. The number of hydrogen-bond acceptors (Lipinski definition) is 5. The molecule has 0 spiro atoms. The first-order valence-electron chi connectivity index (χ1n) is 10.4. The monoisotopic (exact) mass is 427 g/mol. The van der Waals surface area contributed by atoms with Crippen molar-refractivity contribution in [3.63, 3.8) is 0 Å². The molecule has 1 amide bonds. The number of aromatic nitrogens is 2. The molecule has 4 aromatic rings. The second-order valence-electron chi connectivity index (χ2n) is 8.47. The lowest BCUT2D eigenvalue weighted by Crippen LogP contribution is -2.20. The number of anilines is 1. The first-order valence-corrected chi connectivity index (χ1v) is 10.4. The van der Waals surface area contributed by atoms with Gasteiger partial charge in [0, 0.05) is 16.8 Å². The lowest BCUT2D eigenvalue weighted by molar-refractivity contribution is -0.118. The number of amides is 1. The van der Waals surface area contributed by atoms with Crippen LogP contribution in [0.15, 0.2) is 83.3 Å². The molecular weight excluding hydrogens is 402 g/mol. The van der Waals surface area contributed by atoms with Gasteiger partial charge in [-0.1, -0.05) is 51.1 Å². The van der Waals surface area contributed by atoms with Crippen molar-refractivity contribution in [3.8, 4) is 28.7 Å². The summed E-state index contributed by atoms with van der Waals surface area (Å²) < 4.78 is 11.4. The Kier molecular flexibility index (Phi) is 6.03. The van der Waals surface area contributed by atoms with Gasteiger partial charge in [-0.3, -0.25) is 4.79 Å². The van der Waals surface area contributed by atoms with Crippen LogP contribution in [-0.2, 0) is 10.2 Å². The number of benzene rings is 3. The maximum Gasteiger partial charge on any atom is 0.262 e. The molecule has 0 unspecified atom stereocenters. The molecule has 4 rings (SSSR count). The predicted octanol–water partition coefficient (Wildman–Crippen LogP) is 5.72. The molecule has 1 heterocycles. The lowest BCUT2D eigenvalue weighted by Gasteiger charge is -2.19.